The van der Waals surface area contributed by atoms with Crippen molar-refractivity contribution in [2.24, 2.45) is 0 Å². The number of carbonyl (C=O) groups is 1. The summed E-state index contributed by atoms with van der Waals surface area (Å²) >= 11 is 0. The molecule has 1 unspecified atom stereocenters. The molecule has 0 aliphatic carbocycles. The topological polar surface area (TPSA) is 86.5 Å². The van der Waals surface area contributed by atoms with Crippen LogP contribution in [0.1, 0.15) is 42.1 Å². The number of benzene rings is 1. The van der Waals surface area contributed by atoms with Gasteiger partial charge in [-0.05, 0) is 43.0 Å². The molecule has 1 fully saturated rings. The number of aliphatic hydroxyl groups excluding tert-OH is 1. The van der Waals surface area contributed by atoms with Crippen LogP contribution in [0.4, 0.5) is 0 Å². The molecule has 27 heavy (non-hydrogen) atoms. The number of rotatable bonds is 5. The summed E-state index contributed by atoms with van der Waals surface area (Å²) in [7, 11) is 1.56. The maximum atomic E-state index is 12.9. The number of pyridine rings is 1. The van der Waals surface area contributed by atoms with Crippen LogP contribution < -0.4 is 4.74 Å². The molecule has 0 radical (unpaired) electrons. The average molecular weight is 365 g/mol. The van der Waals surface area contributed by atoms with E-state index in [1.54, 1.807) is 54.7 Å². The number of aliphatic hydroxyl groups is 1. The van der Waals surface area contributed by atoms with Crippen LogP contribution in [0.5, 0.6) is 5.75 Å². The molecule has 0 saturated carbocycles. The molecule has 1 aromatic carbocycles. The van der Waals surface area contributed by atoms with E-state index in [1.807, 2.05) is 0 Å². The first-order chi connectivity index (χ1) is 13.1. The van der Waals surface area contributed by atoms with Crippen molar-refractivity contribution in [2.75, 3.05) is 13.7 Å². The first-order valence-electron chi connectivity index (χ1n) is 9.08. The number of methoxy groups -OCH3 is 1. The van der Waals surface area contributed by atoms with Gasteiger partial charge in [0.15, 0.2) is 0 Å². The fourth-order valence-electron chi connectivity index (χ4n) is 3.58. The van der Waals surface area contributed by atoms with E-state index in [1.165, 1.54) is 0 Å². The molecular weight excluding hydrogens is 342 g/mol. The fourth-order valence-corrected chi connectivity index (χ4v) is 3.58. The van der Waals surface area contributed by atoms with Crippen molar-refractivity contribution in [3.05, 3.63) is 59.4 Å². The maximum absolute atomic E-state index is 12.9. The minimum absolute atomic E-state index is 0.0219. The Balaban J connectivity index is 1.77. The van der Waals surface area contributed by atoms with Crippen molar-refractivity contribution >= 4 is 5.91 Å². The van der Waals surface area contributed by atoms with Crippen molar-refractivity contribution < 1.29 is 14.6 Å². The Morgan fingerprint density at radius 3 is 2.85 bits per heavy atom. The van der Waals surface area contributed by atoms with Gasteiger partial charge in [0.2, 0.25) is 5.91 Å². The van der Waals surface area contributed by atoms with Crippen LogP contribution in [-0.4, -0.2) is 40.6 Å². The predicted molar refractivity (Wildman–Crippen MR) is 100.0 cm³/mol. The Morgan fingerprint density at radius 2 is 2.15 bits per heavy atom. The molecule has 0 spiro atoms. The standard InChI is InChI=1S/C21H23N3O3/c1-27-19-9-10-23-14-17(19)21(26)18-4-2-3-11-24(18)20(25)12-15-5-7-16(13-22)8-6-15/h5-10,14,18,21,26H,2-4,11-12H2,1H3/t18-,21?/m1/s1. The molecule has 1 aliphatic rings. The van der Waals surface area contributed by atoms with Gasteiger partial charge >= 0.3 is 0 Å². The molecule has 6 nitrogen and oxygen atoms in total. The van der Waals surface area contributed by atoms with Gasteiger partial charge in [-0.25, -0.2) is 0 Å². The first kappa shape index (κ1) is 18.9. The number of nitriles is 1. The number of piperidine rings is 1. The Bertz CT molecular complexity index is 829. The summed E-state index contributed by atoms with van der Waals surface area (Å²) in [5.41, 5.74) is 2.03. The molecular formula is C21H23N3O3. The van der Waals surface area contributed by atoms with Gasteiger partial charge in [-0.1, -0.05) is 12.1 Å². The average Bonchev–Trinajstić information content (AvgIpc) is 2.73. The second-order valence-electron chi connectivity index (χ2n) is 6.70. The van der Waals surface area contributed by atoms with E-state index in [0.29, 0.717) is 23.4 Å². The summed E-state index contributed by atoms with van der Waals surface area (Å²) < 4.78 is 5.34. The van der Waals surface area contributed by atoms with Gasteiger partial charge in [0.25, 0.3) is 0 Å². The van der Waals surface area contributed by atoms with Gasteiger partial charge in [0, 0.05) is 24.5 Å². The van der Waals surface area contributed by atoms with Gasteiger partial charge in [0.05, 0.1) is 31.2 Å². The second kappa shape index (κ2) is 8.65. The summed E-state index contributed by atoms with van der Waals surface area (Å²) in [5, 5.41) is 19.9. The van der Waals surface area contributed by atoms with Crippen LogP contribution in [0.15, 0.2) is 42.7 Å². The van der Waals surface area contributed by atoms with E-state index in [-0.39, 0.29) is 18.4 Å². The molecule has 0 bridgehead atoms. The minimum atomic E-state index is -0.848. The van der Waals surface area contributed by atoms with Crippen molar-refractivity contribution in [3.63, 3.8) is 0 Å². The normalized spacial score (nSPS) is 17.8. The number of carbonyl (C=O) groups excluding carboxylic acids is 1. The van der Waals surface area contributed by atoms with E-state index in [9.17, 15) is 9.90 Å². The molecule has 1 saturated heterocycles. The Hall–Kier alpha value is -2.91. The number of nitrogens with zero attached hydrogens (tertiary/aromatic N) is 3. The summed E-state index contributed by atoms with van der Waals surface area (Å²) in [6, 6.07) is 10.5. The summed E-state index contributed by atoms with van der Waals surface area (Å²) in [4.78, 5) is 18.8. The highest BCUT2D eigenvalue weighted by Gasteiger charge is 2.34. The number of likely N-dealkylation sites (tertiary alicyclic amines) is 1. The minimum Gasteiger partial charge on any atom is -0.496 e. The third kappa shape index (κ3) is 4.26. The van der Waals surface area contributed by atoms with Crippen LogP contribution >= 0.6 is 0 Å². The second-order valence-corrected chi connectivity index (χ2v) is 6.70. The van der Waals surface area contributed by atoms with E-state index in [4.69, 9.17) is 10.00 Å². The molecule has 140 valence electrons. The Kier molecular flexibility index (Phi) is 6.05. The summed E-state index contributed by atoms with van der Waals surface area (Å²) in [6.07, 6.45) is 5.24. The van der Waals surface area contributed by atoms with Crippen molar-refractivity contribution in [3.8, 4) is 11.8 Å². The summed E-state index contributed by atoms with van der Waals surface area (Å²) in [6.45, 7) is 0.624. The third-order valence-corrected chi connectivity index (χ3v) is 5.02. The highest BCUT2D eigenvalue weighted by atomic mass is 16.5. The van der Waals surface area contributed by atoms with Crippen LogP contribution in [-0.2, 0) is 11.2 Å². The number of amides is 1. The van der Waals surface area contributed by atoms with Gasteiger partial charge in [-0.2, -0.15) is 5.26 Å². The lowest BCUT2D eigenvalue weighted by molar-refractivity contribution is -0.137. The molecule has 1 amide bonds. The maximum Gasteiger partial charge on any atom is 0.227 e. The molecule has 6 heteroatoms. The molecule has 1 N–H and O–H groups in total. The van der Waals surface area contributed by atoms with Gasteiger partial charge in [-0.15, -0.1) is 0 Å². The highest BCUT2D eigenvalue weighted by molar-refractivity contribution is 5.79. The van der Waals surface area contributed by atoms with Gasteiger partial charge < -0.3 is 14.7 Å². The van der Waals surface area contributed by atoms with Crippen molar-refractivity contribution in [2.45, 2.75) is 37.8 Å². The van der Waals surface area contributed by atoms with Crippen LogP contribution in [0.2, 0.25) is 0 Å². The predicted octanol–water partition coefficient (Wildman–Crippen LogP) is 2.62. The lowest BCUT2D eigenvalue weighted by Crippen LogP contribution is -2.47. The van der Waals surface area contributed by atoms with Crippen LogP contribution in [0.3, 0.4) is 0 Å². The third-order valence-electron chi connectivity index (χ3n) is 5.02. The quantitative estimate of drug-likeness (QED) is 0.880. The number of ether oxygens (including phenoxy) is 1. The van der Waals surface area contributed by atoms with Gasteiger partial charge in [0.1, 0.15) is 11.9 Å². The van der Waals surface area contributed by atoms with E-state index in [0.717, 1.165) is 24.8 Å². The Labute approximate surface area is 159 Å². The number of aromatic nitrogens is 1. The molecule has 1 aromatic heterocycles. The van der Waals surface area contributed by atoms with Crippen molar-refractivity contribution in [1.82, 2.24) is 9.88 Å². The fraction of sp³-hybridized carbons (Fsp3) is 0.381. The molecule has 2 aromatic rings. The van der Waals surface area contributed by atoms with Crippen molar-refractivity contribution in [1.29, 1.82) is 5.26 Å². The summed E-state index contributed by atoms with van der Waals surface area (Å²) in [5.74, 6) is 0.550. The monoisotopic (exact) mass is 365 g/mol. The smallest absolute Gasteiger partial charge is 0.227 e. The van der Waals surface area contributed by atoms with E-state index >= 15 is 0 Å². The molecule has 1 aliphatic heterocycles. The SMILES string of the molecule is COc1ccncc1C(O)[C@H]1CCCCN1C(=O)Cc1ccc(C#N)cc1. The molecule has 2 atom stereocenters. The van der Waals surface area contributed by atoms with Crippen LogP contribution in [0.25, 0.3) is 0 Å². The highest BCUT2D eigenvalue weighted by Crippen LogP contribution is 2.33. The lowest BCUT2D eigenvalue weighted by Gasteiger charge is -2.39. The largest absolute Gasteiger partial charge is 0.496 e. The molecule has 3 rings (SSSR count). The molecule has 2 heterocycles. The number of hydrogen-bond donors (Lipinski definition) is 1. The Morgan fingerprint density at radius 1 is 1.37 bits per heavy atom. The zero-order valence-electron chi connectivity index (χ0n) is 15.3. The van der Waals surface area contributed by atoms with E-state index < -0.39 is 6.10 Å². The zero-order valence-corrected chi connectivity index (χ0v) is 15.3. The van der Waals surface area contributed by atoms with E-state index in [2.05, 4.69) is 11.1 Å². The van der Waals surface area contributed by atoms with Gasteiger partial charge in [-0.3, -0.25) is 9.78 Å². The first-order valence-corrected chi connectivity index (χ1v) is 9.08. The van der Waals surface area contributed by atoms with Crippen LogP contribution in [0, 0.1) is 11.3 Å². The number of hydrogen-bond acceptors (Lipinski definition) is 5. The lowest BCUT2D eigenvalue weighted by atomic mass is 9.92. The zero-order chi connectivity index (χ0) is 19.2.